The van der Waals surface area contributed by atoms with E-state index in [4.69, 9.17) is 0 Å². The van der Waals surface area contributed by atoms with Gasteiger partial charge < -0.3 is 0 Å². The van der Waals surface area contributed by atoms with E-state index in [1.807, 2.05) is 0 Å². The fourth-order valence-electron chi connectivity index (χ4n) is 2.99. The second kappa shape index (κ2) is 1.80. The van der Waals surface area contributed by atoms with Crippen LogP contribution in [-0.4, -0.2) is 5.66 Å². The molecule has 2 saturated carbocycles. The van der Waals surface area contributed by atoms with Crippen molar-refractivity contribution in [2.45, 2.75) is 50.6 Å². The third kappa shape index (κ3) is 0.859. The zero-order valence-corrected chi connectivity index (χ0v) is 6.95. The van der Waals surface area contributed by atoms with E-state index in [0.717, 1.165) is 5.41 Å². The van der Waals surface area contributed by atoms with Crippen LogP contribution in [0.15, 0.2) is 0 Å². The first-order chi connectivity index (χ1) is 5.33. The van der Waals surface area contributed by atoms with Crippen molar-refractivity contribution in [2.24, 2.45) is 5.41 Å². The van der Waals surface area contributed by atoms with Gasteiger partial charge in [0.05, 0.1) is 5.66 Å². The van der Waals surface area contributed by atoms with Crippen LogP contribution in [0.25, 0.3) is 0 Å². The molecule has 11 heavy (non-hydrogen) atoms. The molecule has 1 aliphatic heterocycles. The zero-order valence-electron chi connectivity index (χ0n) is 6.95. The highest BCUT2D eigenvalue weighted by atomic mass is 15.7. The lowest BCUT2D eigenvalue weighted by molar-refractivity contribution is 0.0561. The molecule has 2 spiro atoms. The van der Waals surface area contributed by atoms with Crippen molar-refractivity contribution < 1.29 is 0 Å². The highest BCUT2D eigenvalue weighted by Crippen LogP contribution is 2.54. The van der Waals surface area contributed by atoms with Gasteiger partial charge in [-0.15, -0.1) is 0 Å². The minimum Gasteiger partial charge on any atom is -0.235 e. The Hall–Kier alpha value is -0.0800. The van der Waals surface area contributed by atoms with Crippen LogP contribution >= 0.6 is 0 Å². The third-order valence-corrected chi connectivity index (χ3v) is 3.88. The van der Waals surface area contributed by atoms with Gasteiger partial charge >= 0.3 is 0 Å². The summed E-state index contributed by atoms with van der Waals surface area (Å²) >= 11 is 0. The molecule has 0 atom stereocenters. The molecule has 3 rings (SSSR count). The highest BCUT2D eigenvalue weighted by Gasteiger charge is 2.53. The van der Waals surface area contributed by atoms with Gasteiger partial charge in [-0.1, -0.05) is 6.42 Å². The second-order valence-electron chi connectivity index (χ2n) is 4.72. The van der Waals surface area contributed by atoms with Gasteiger partial charge in [0, 0.05) is 0 Å². The van der Waals surface area contributed by atoms with Crippen molar-refractivity contribution in [3.05, 3.63) is 0 Å². The molecule has 0 unspecified atom stereocenters. The number of hydrogen-bond acceptors (Lipinski definition) is 2. The van der Waals surface area contributed by atoms with Crippen LogP contribution in [0.1, 0.15) is 44.9 Å². The molecule has 3 fully saturated rings. The summed E-state index contributed by atoms with van der Waals surface area (Å²) < 4.78 is 0. The first kappa shape index (κ1) is 6.44. The largest absolute Gasteiger partial charge is 0.235 e. The van der Waals surface area contributed by atoms with Crippen molar-refractivity contribution >= 4 is 0 Å². The van der Waals surface area contributed by atoms with Gasteiger partial charge in [-0.05, 0) is 43.9 Å². The van der Waals surface area contributed by atoms with Crippen LogP contribution in [0.5, 0.6) is 0 Å². The molecule has 0 aromatic carbocycles. The molecule has 0 aromatic heterocycles. The van der Waals surface area contributed by atoms with E-state index in [2.05, 4.69) is 10.9 Å². The molecule has 0 aromatic rings. The Labute approximate surface area is 67.7 Å². The van der Waals surface area contributed by atoms with E-state index in [9.17, 15) is 0 Å². The molecule has 3 aliphatic rings. The SMILES string of the molecule is C1CC2(C1)CCCC1(C2)NN1. The van der Waals surface area contributed by atoms with Crippen molar-refractivity contribution in [3.63, 3.8) is 0 Å². The van der Waals surface area contributed by atoms with Gasteiger partial charge in [0.1, 0.15) is 0 Å². The van der Waals surface area contributed by atoms with Gasteiger partial charge in [0.15, 0.2) is 0 Å². The smallest absolute Gasteiger partial charge is 0.0948 e. The van der Waals surface area contributed by atoms with Crippen LogP contribution < -0.4 is 10.9 Å². The van der Waals surface area contributed by atoms with Crippen molar-refractivity contribution in [2.75, 3.05) is 0 Å². The normalized spacial score (nSPS) is 37.1. The molecule has 2 heteroatoms. The van der Waals surface area contributed by atoms with Crippen LogP contribution in [-0.2, 0) is 0 Å². The molecule has 62 valence electrons. The summed E-state index contributed by atoms with van der Waals surface area (Å²) in [4.78, 5) is 0. The Bertz CT molecular complexity index is 180. The lowest BCUT2D eigenvalue weighted by Gasteiger charge is -2.47. The monoisotopic (exact) mass is 152 g/mol. The maximum Gasteiger partial charge on any atom is 0.0948 e. The van der Waals surface area contributed by atoms with Gasteiger partial charge in [0.25, 0.3) is 0 Å². The quantitative estimate of drug-likeness (QED) is 0.517. The topological polar surface area (TPSA) is 43.9 Å². The van der Waals surface area contributed by atoms with E-state index < -0.39 is 0 Å². The summed E-state index contributed by atoms with van der Waals surface area (Å²) in [6, 6.07) is 0. The molecular formula is C9H16N2. The van der Waals surface area contributed by atoms with Gasteiger partial charge in [0.2, 0.25) is 0 Å². The summed E-state index contributed by atoms with van der Waals surface area (Å²) in [5.74, 6) is 0. The van der Waals surface area contributed by atoms with Crippen molar-refractivity contribution in [1.29, 1.82) is 0 Å². The zero-order chi connectivity index (χ0) is 7.36. The number of rotatable bonds is 0. The van der Waals surface area contributed by atoms with Crippen LogP contribution in [0.3, 0.4) is 0 Å². The molecule has 2 nitrogen and oxygen atoms in total. The maximum absolute atomic E-state index is 3.32. The molecule has 1 heterocycles. The average molecular weight is 152 g/mol. The van der Waals surface area contributed by atoms with E-state index in [-0.39, 0.29) is 0 Å². The molecule has 1 saturated heterocycles. The highest BCUT2D eigenvalue weighted by molar-refractivity contribution is 5.06. The average Bonchev–Trinajstić information content (AvgIpc) is 2.66. The van der Waals surface area contributed by atoms with Gasteiger partial charge in [-0.25, -0.2) is 10.9 Å². The standard InChI is InChI=1S/C9H16N2/c1-3-8(4-1)5-2-6-9(7-8)10-11-9/h10-11H,1-7H2. The maximum atomic E-state index is 3.32. The summed E-state index contributed by atoms with van der Waals surface area (Å²) in [6.07, 6.45) is 10.2. The summed E-state index contributed by atoms with van der Waals surface area (Å²) in [5, 5.41) is 0. The predicted molar refractivity (Wildman–Crippen MR) is 43.8 cm³/mol. The molecule has 0 radical (unpaired) electrons. The Morgan fingerprint density at radius 2 is 1.45 bits per heavy atom. The van der Waals surface area contributed by atoms with Crippen LogP contribution in [0.4, 0.5) is 0 Å². The first-order valence-electron chi connectivity index (χ1n) is 4.87. The number of hydrazine groups is 1. The van der Waals surface area contributed by atoms with Gasteiger partial charge in [-0.3, -0.25) is 0 Å². The molecule has 0 amide bonds. The Morgan fingerprint density at radius 3 is 2.00 bits per heavy atom. The Kier molecular flexibility index (Phi) is 1.06. The van der Waals surface area contributed by atoms with Crippen molar-refractivity contribution in [3.8, 4) is 0 Å². The summed E-state index contributed by atoms with van der Waals surface area (Å²) in [6.45, 7) is 0. The lowest BCUT2D eigenvalue weighted by atomic mass is 9.59. The first-order valence-corrected chi connectivity index (χ1v) is 4.87. The molecule has 0 bridgehead atoms. The molecular weight excluding hydrogens is 136 g/mol. The van der Waals surface area contributed by atoms with E-state index in [0.29, 0.717) is 5.66 Å². The Morgan fingerprint density at radius 1 is 0.818 bits per heavy atom. The van der Waals surface area contributed by atoms with Crippen LogP contribution in [0, 0.1) is 5.41 Å². The number of hydrogen-bond donors (Lipinski definition) is 2. The van der Waals surface area contributed by atoms with E-state index >= 15 is 0 Å². The summed E-state index contributed by atoms with van der Waals surface area (Å²) in [5.41, 5.74) is 7.83. The van der Waals surface area contributed by atoms with E-state index in [1.54, 1.807) is 0 Å². The predicted octanol–water partition coefficient (Wildman–Crippen LogP) is 1.53. The summed E-state index contributed by atoms with van der Waals surface area (Å²) in [7, 11) is 0. The third-order valence-electron chi connectivity index (χ3n) is 3.88. The Balaban J connectivity index is 1.77. The second-order valence-corrected chi connectivity index (χ2v) is 4.72. The minimum absolute atomic E-state index is 0.415. The number of nitrogens with one attached hydrogen (secondary N) is 2. The molecule has 2 N–H and O–H groups in total. The van der Waals surface area contributed by atoms with E-state index in [1.165, 1.54) is 44.9 Å². The fraction of sp³-hybridized carbons (Fsp3) is 1.00. The fourth-order valence-corrected chi connectivity index (χ4v) is 2.99. The molecule has 2 aliphatic carbocycles. The van der Waals surface area contributed by atoms with Crippen LogP contribution in [0.2, 0.25) is 0 Å². The van der Waals surface area contributed by atoms with Gasteiger partial charge in [-0.2, -0.15) is 0 Å². The minimum atomic E-state index is 0.415. The van der Waals surface area contributed by atoms with Crippen molar-refractivity contribution in [1.82, 2.24) is 10.9 Å². The lowest BCUT2D eigenvalue weighted by Crippen LogP contribution is -2.40.